The Bertz CT molecular complexity index is 905. The van der Waals surface area contributed by atoms with Crippen LogP contribution in [0.5, 0.6) is 0 Å². The molecule has 4 saturated carbocycles. The summed E-state index contributed by atoms with van der Waals surface area (Å²) < 4.78 is 0. The molecular weight excluding hydrogens is 332 g/mol. The maximum Gasteiger partial charge on any atom is 0.268 e. The number of amides is 1. The SMILES string of the molecule is CC1(C)C(=O)N(C2C3CC4CC(C3)CC2C4)N1c1ccc2ccccc2c1. The summed E-state index contributed by atoms with van der Waals surface area (Å²) in [6.07, 6.45) is 6.81. The van der Waals surface area contributed by atoms with Gasteiger partial charge in [-0.1, -0.05) is 30.3 Å². The second-order valence-electron chi connectivity index (χ2n) is 9.97. The van der Waals surface area contributed by atoms with Crippen molar-refractivity contribution in [1.82, 2.24) is 5.01 Å². The number of hydrogen-bond donors (Lipinski definition) is 0. The molecule has 140 valence electrons. The number of benzene rings is 2. The highest BCUT2D eigenvalue weighted by atomic mass is 16.2. The van der Waals surface area contributed by atoms with Gasteiger partial charge in [-0.15, -0.1) is 0 Å². The first kappa shape index (κ1) is 16.0. The van der Waals surface area contributed by atoms with Gasteiger partial charge in [0.05, 0.1) is 11.7 Å². The van der Waals surface area contributed by atoms with Crippen LogP contribution in [0.25, 0.3) is 10.8 Å². The Labute approximate surface area is 161 Å². The van der Waals surface area contributed by atoms with Gasteiger partial charge in [0.25, 0.3) is 5.91 Å². The average Bonchev–Trinajstić information content (AvgIpc) is 2.65. The molecule has 3 heteroatoms. The minimum Gasteiger partial charge on any atom is -0.270 e. The highest BCUT2D eigenvalue weighted by Gasteiger charge is 2.61. The zero-order valence-electron chi connectivity index (χ0n) is 16.3. The quantitative estimate of drug-likeness (QED) is 0.752. The van der Waals surface area contributed by atoms with Crippen LogP contribution in [-0.4, -0.2) is 22.5 Å². The Kier molecular flexibility index (Phi) is 3.12. The van der Waals surface area contributed by atoms with Crippen LogP contribution in [-0.2, 0) is 4.79 Å². The van der Waals surface area contributed by atoms with Crippen molar-refractivity contribution in [3.05, 3.63) is 42.5 Å². The summed E-state index contributed by atoms with van der Waals surface area (Å²) in [5.74, 6) is 3.60. The van der Waals surface area contributed by atoms with Gasteiger partial charge in [-0.05, 0) is 92.5 Å². The number of carbonyl (C=O) groups is 1. The Hall–Kier alpha value is -2.03. The van der Waals surface area contributed by atoms with E-state index in [-0.39, 0.29) is 0 Å². The summed E-state index contributed by atoms with van der Waals surface area (Å²) in [6.45, 7) is 4.16. The van der Waals surface area contributed by atoms with E-state index in [2.05, 4.69) is 66.3 Å². The highest BCUT2D eigenvalue weighted by molar-refractivity contribution is 5.99. The normalized spacial score (nSPS) is 36.4. The minimum absolute atomic E-state index is 0.313. The predicted molar refractivity (Wildman–Crippen MR) is 108 cm³/mol. The van der Waals surface area contributed by atoms with Gasteiger partial charge in [0, 0.05) is 0 Å². The fourth-order valence-electron chi connectivity index (χ4n) is 7.01. The zero-order chi connectivity index (χ0) is 18.3. The number of nitrogens with zero attached hydrogens (tertiary/aromatic N) is 2. The largest absolute Gasteiger partial charge is 0.270 e. The van der Waals surface area contributed by atoms with Gasteiger partial charge >= 0.3 is 0 Å². The van der Waals surface area contributed by atoms with Crippen LogP contribution < -0.4 is 5.01 Å². The molecule has 0 N–H and O–H groups in total. The molecule has 27 heavy (non-hydrogen) atoms. The number of hydrazine groups is 1. The maximum absolute atomic E-state index is 13.2. The zero-order valence-corrected chi connectivity index (χ0v) is 16.3. The summed E-state index contributed by atoms with van der Waals surface area (Å²) >= 11 is 0. The van der Waals surface area contributed by atoms with Gasteiger partial charge in [0.15, 0.2) is 0 Å². The molecule has 2 aromatic rings. The first-order chi connectivity index (χ1) is 13.0. The maximum atomic E-state index is 13.2. The van der Waals surface area contributed by atoms with E-state index >= 15 is 0 Å². The lowest BCUT2D eigenvalue weighted by Gasteiger charge is -2.65. The Balaban J connectivity index is 1.40. The van der Waals surface area contributed by atoms with Gasteiger partial charge in [-0.25, -0.2) is 5.01 Å². The molecule has 0 unspecified atom stereocenters. The Morgan fingerprint density at radius 1 is 0.852 bits per heavy atom. The van der Waals surface area contributed by atoms with Crippen LogP contribution >= 0.6 is 0 Å². The van der Waals surface area contributed by atoms with Crippen LogP contribution in [0.2, 0.25) is 0 Å². The third kappa shape index (κ3) is 2.11. The smallest absolute Gasteiger partial charge is 0.268 e. The molecule has 1 heterocycles. The van der Waals surface area contributed by atoms with Crippen LogP contribution in [0.1, 0.15) is 46.0 Å². The molecule has 3 nitrogen and oxygen atoms in total. The number of fused-ring (bicyclic) bond motifs is 1. The molecule has 4 bridgehead atoms. The molecule has 5 aliphatic rings. The van der Waals surface area contributed by atoms with Gasteiger partial charge in [-0.2, -0.15) is 0 Å². The molecule has 0 aromatic heterocycles. The lowest BCUT2D eigenvalue weighted by molar-refractivity contribution is -0.170. The van der Waals surface area contributed by atoms with Gasteiger partial charge in [-0.3, -0.25) is 9.80 Å². The molecule has 1 aliphatic heterocycles. The Morgan fingerprint density at radius 3 is 2.15 bits per heavy atom. The van der Waals surface area contributed by atoms with Crippen molar-refractivity contribution >= 4 is 22.4 Å². The van der Waals surface area contributed by atoms with E-state index in [4.69, 9.17) is 0 Å². The molecule has 1 saturated heterocycles. The van der Waals surface area contributed by atoms with E-state index in [1.807, 2.05) is 0 Å². The van der Waals surface area contributed by atoms with Crippen LogP contribution in [0.3, 0.4) is 0 Å². The van der Waals surface area contributed by atoms with E-state index < -0.39 is 5.54 Å². The van der Waals surface area contributed by atoms with Crippen molar-refractivity contribution in [1.29, 1.82) is 0 Å². The van der Waals surface area contributed by atoms with Crippen molar-refractivity contribution in [3.63, 3.8) is 0 Å². The number of hydrogen-bond acceptors (Lipinski definition) is 2. The fourth-order valence-corrected chi connectivity index (χ4v) is 7.01. The predicted octanol–water partition coefficient (Wildman–Crippen LogP) is 5.01. The summed E-state index contributed by atoms with van der Waals surface area (Å²) in [4.78, 5) is 13.2. The molecule has 5 fully saturated rings. The second kappa shape index (κ2) is 5.27. The molecule has 0 radical (unpaired) electrons. The fraction of sp³-hybridized carbons (Fsp3) is 0.542. The lowest BCUT2D eigenvalue weighted by Crippen LogP contribution is -2.80. The average molecular weight is 361 g/mol. The summed E-state index contributed by atoms with van der Waals surface area (Å²) in [5.41, 5.74) is 0.712. The van der Waals surface area contributed by atoms with Crippen LogP contribution in [0.15, 0.2) is 42.5 Å². The van der Waals surface area contributed by atoms with Crippen molar-refractivity contribution < 1.29 is 4.79 Å². The minimum atomic E-state index is -0.447. The van der Waals surface area contributed by atoms with Crippen molar-refractivity contribution in [2.75, 3.05) is 5.01 Å². The first-order valence-corrected chi connectivity index (χ1v) is 10.6. The number of carbonyl (C=O) groups excluding carboxylic acids is 1. The standard InChI is InChI=1S/C24H28N2O/c1-24(2)23(27)25(22-19-10-15-9-16(12-19)13-20(22)11-15)26(24)21-8-7-17-5-3-4-6-18(17)14-21/h3-8,14-16,19-20,22H,9-13H2,1-2H3. The lowest BCUT2D eigenvalue weighted by atomic mass is 9.53. The van der Waals surface area contributed by atoms with E-state index in [1.165, 1.54) is 42.9 Å². The molecule has 1 amide bonds. The van der Waals surface area contributed by atoms with E-state index in [9.17, 15) is 4.79 Å². The molecular formula is C24H28N2O. The summed E-state index contributed by atoms with van der Waals surface area (Å²) in [5, 5.41) is 6.99. The van der Waals surface area contributed by atoms with E-state index in [0.29, 0.717) is 23.8 Å². The molecule has 0 spiro atoms. The first-order valence-electron chi connectivity index (χ1n) is 10.6. The molecule has 4 aliphatic carbocycles. The highest BCUT2D eigenvalue weighted by Crippen LogP contribution is 2.57. The summed E-state index contributed by atoms with van der Waals surface area (Å²) in [7, 11) is 0. The van der Waals surface area contributed by atoms with Crippen LogP contribution in [0, 0.1) is 23.7 Å². The molecule has 0 atom stereocenters. The molecule has 7 rings (SSSR count). The number of anilines is 1. The van der Waals surface area contributed by atoms with Gasteiger partial charge in [0.2, 0.25) is 0 Å². The van der Waals surface area contributed by atoms with Crippen molar-refractivity contribution in [2.24, 2.45) is 23.7 Å². The van der Waals surface area contributed by atoms with E-state index in [1.54, 1.807) is 0 Å². The van der Waals surface area contributed by atoms with Gasteiger partial charge < -0.3 is 0 Å². The van der Waals surface area contributed by atoms with Gasteiger partial charge in [0.1, 0.15) is 5.54 Å². The van der Waals surface area contributed by atoms with Crippen molar-refractivity contribution in [2.45, 2.75) is 57.5 Å². The van der Waals surface area contributed by atoms with Crippen LogP contribution in [0.4, 0.5) is 5.69 Å². The second-order valence-corrected chi connectivity index (χ2v) is 9.97. The Morgan fingerprint density at radius 2 is 1.48 bits per heavy atom. The van der Waals surface area contributed by atoms with Crippen molar-refractivity contribution in [3.8, 4) is 0 Å². The monoisotopic (exact) mass is 360 g/mol. The third-order valence-electron chi connectivity index (χ3n) is 7.91. The third-order valence-corrected chi connectivity index (χ3v) is 7.91. The van der Waals surface area contributed by atoms with E-state index in [0.717, 1.165) is 17.5 Å². The number of rotatable bonds is 2. The molecule has 2 aromatic carbocycles. The summed E-state index contributed by atoms with van der Waals surface area (Å²) in [6, 6.07) is 15.6. The topological polar surface area (TPSA) is 23.6 Å².